The fourth-order valence-electron chi connectivity index (χ4n) is 3.88. The maximum absolute atomic E-state index is 13.7. The molecule has 0 unspecified atom stereocenters. The molecule has 2 amide bonds. The standard InChI is InChI=1S/C29H32Cl2N2O2/c1-29(2,3)32-28(35)26(19-22-12-8-5-9-13-22)33(20-23-14-16-24(30)25(31)18-23)27(34)17-15-21-10-6-4-7-11-21/h4-14,16,18,26H,15,17,19-20H2,1-3H3,(H,32,35)/t26-/m0/s1. The average Bonchev–Trinajstić information content (AvgIpc) is 2.82. The fraction of sp³-hybridized carbons (Fsp3) is 0.310. The third-order valence-electron chi connectivity index (χ3n) is 5.58. The van der Waals surface area contributed by atoms with E-state index in [1.807, 2.05) is 87.5 Å². The van der Waals surface area contributed by atoms with Crippen molar-refractivity contribution in [3.8, 4) is 0 Å². The minimum Gasteiger partial charge on any atom is -0.350 e. The summed E-state index contributed by atoms with van der Waals surface area (Å²) in [4.78, 5) is 28.9. The van der Waals surface area contributed by atoms with E-state index in [9.17, 15) is 9.59 Å². The highest BCUT2D eigenvalue weighted by Crippen LogP contribution is 2.25. The predicted molar refractivity (Wildman–Crippen MR) is 144 cm³/mol. The van der Waals surface area contributed by atoms with Crippen molar-refractivity contribution in [1.82, 2.24) is 10.2 Å². The summed E-state index contributed by atoms with van der Waals surface area (Å²) >= 11 is 12.4. The molecule has 3 aromatic rings. The molecule has 6 heteroatoms. The van der Waals surface area contributed by atoms with Crippen molar-refractivity contribution in [2.45, 2.75) is 58.2 Å². The molecule has 0 aromatic heterocycles. The van der Waals surface area contributed by atoms with E-state index in [0.29, 0.717) is 29.3 Å². The van der Waals surface area contributed by atoms with E-state index in [1.54, 1.807) is 17.0 Å². The van der Waals surface area contributed by atoms with Gasteiger partial charge in [0.1, 0.15) is 6.04 Å². The van der Waals surface area contributed by atoms with Crippen LogP contribution in [-0.4, -0.2) is 28.3 Å². The second-order valence-corrected chi connectivity index (χ2v) is 10.5. The lowest BCUT2D eigenvalue weighted by Crippen LogP contribution is -2.54. The quantitative estimate of drug-likeness (QED) is 0.358. The highest BCUT2D eigenvalue weighted by Gasteiger charge is 2.32. The maximum Gasteiger partial charge on any atom is 0.243 e. The van der Waals surface area contributed by atoms with Crippen LogP contribution in [0.3, 0.4) is 0 Å². The van der Waals surface area contributed by atoms with Crippen molar-refractivity contribution in [3.05, 3.63) is 106 Å². The van der Waals surface area contributed by atoms with Crippen molar-refractivity contribution in [2.75, 3.05) is 0 Å². The minimum atomic E-state index is -0.686. The average molecular weight is 511 g/mol. The monoisotopic (exact) mass is 510 g/mol. The first-order valence-corrected chi connectivity index (χ1v) is 12.5. The number of hydrogen-bond acceptors (Lipinski definition) is 2. The van der Waals surface area contributed by atoms with Crippen molar-refractivity contribution >= 4 is 35.0 Å². The molecule has 0 aliphatic rings. The lowest BCUT2D eigenvalue weighted by Gasteiger charge is -2.34. The van der Waals surface area contributed by atoms with Gasteiger partial charge in [-0.2, -0.15) is 0 Å². The van der Waals surface area contributed by atoms with Gasteiger partial charge in [0, 0.05) is 24.9 Å². The molecular formula is C29H32Cl2N2O2. The van der Waals surface area contributed by atoms with Gasteiger partial charge in [-0.05, 0) is 56.0 Å². The van der Waals surface area contributed by atoms with Crippen LogP contribution in [0.25, 0.3) is 0 Å². The van der Waals surface area contributed by atoms with Gasteiger partial charge >= 0.3 is 0 Å². The summed E-state index contributed by atoms with van der Waals surface area (Å²) in [5.74, 6) is -0.278. The predicted octanol–water partition coefficient (Wildman–Crippen LogP) is 6.48. The van der Waals surface area contributed by atoms with Gasteiger partial charge in [-0.1, -0.05) is 89.9 Å². The molecule has 1 atom stereocenters. The zero-order chi connectivity index (χ0) is 25.4. The van der Waals surface area contributed by atoms with Gasteiger partial charge < -0.3 is 10.2 Å². The lowest BCUT2D eigenvalue weighted by molar-refractivity contribution is -0.141. The molecule has 0 spiro atoms. The summed E-state index contributed by atoms with van der Waals surface area (Å²) in [5.41, 5.74) is 2.44. The minimum absolute atomic E-state index is 0.0927. The normalized spacial score (nSPS) is 12.1. The smallest absolute Gasteiger partial charge is 0.243 e. The van der Waals surface area contributed by atoms with E-state index in [-0.39, 0.29) is 18.4 Å². The summed E-state index contributed by atoms with van der Waals surface area (Å²) in [6.45, 7) is 6.06. The van der Waals surface area contributed by atoms with Crippen molar-refractivity contribution < 1.29 is 9.59 Å². The number of aryl methyl sites for hydroxylation is 1. The van der Waals surface area contributed by atoms with Crippen molar-refractivity contribution in [2.24, 2.45) is 0 Å². The second kappa shape index (κ2) is 12.2. The Morgan fingerprint density at radius 2 is 1.43 bits per heavy atom. The molecule has 0 radical (unpaired) electrons. The highest BCUT2D eigenvalue weighted by atomic mass is 35.5. The molecule has 3 aromatic carbocycles. The van der Waals surface area contributed by atoms with Crippen LogP contribution in [0.5, 0.6) is 0 Å². The van der Waals surface area contributed by atoms with Gasteiger partial charge in [-0.3, -0.25) is 9.59 Å². The Labute approximate surface area is 218 Å². The molecule has 0 heterocycles. The highest BCUT2D eigenvalue weighted by molar-refractivity contribution is 6.42. The van der Waals surface area contributed by atoms with Crippen molar-refractivity contribution in [1.29, 1.82) is 0 Å². The maximum atomic E-state index is 13.7. The Hall–Kier alpha value is -2.82. The van der Waals surface area contributed by atoms with E-state index in [0.717, 1.165) is 16.7 Å². The SMILES string of the molecule is CC(C)(C)NC(=O)[C@H](Cc1ccccc1)N(Cc1ccc(Cl)c(Cl)c1)C(=O)CCc1ccccc1. The van der Waals surface area contributed by atoms with Crippen LogP contribution in [0.15, 0.2) is 78.9 Å². The molecule has 4 nitrogen and oxygen atoms in total. The Balaban J connectivity index is 1.94. The van der Waals surface area contributed by atoms with E-state index in [4.69, 9.17) is 23.2 Å². The topological polar surface area (TPSA) is 49.4 Å². The Kier molecular flexibility index (Phi) is 9.36. The molecule has 0 aliphatic heterocycles. The molecule has 0 saturated heterocycles. The summed E-state index contributed by atoms with van der Waals surface area (Å²) in [6, 6.07) is 24.3. The number of benzene rings is 3. The van der Waals surface area contributed by atoms with Gasteiger partial charge in [0.25, 0.3) is 0 Å². The molecule has 0 saturated carbocycles. The molecule has 184 valence electrons. The van der Waals surface area contributed by atoms with Gasteiger partial charge in [-0.15, -0.1) is 0 Å². The number of halogens is 2. The first kappa shape index (κ1) is 26.8. The van der Waals surface area contributed by atoms with Gasteiger partial charge in [0.2, 0.25) is 11.8 Å². The fourth-order valence-corrected chi connectivity index (χ4v) is 4.20. The van der Waals surface area contributed by atoms with Gasteiger partial charge in [-0.25, -0.2) is 0 Å². The molecule has 35 heavy (non-hydrogen) atoms. The number of nitrogens with one attached hydrogen (secondary N) is 1. The van der Waals surface area contributed by atoms with Crippen LogP contribution in [0.1, 0.15) is 43.9 Å². The first-order chi connectivity index (χ1) is 16.6. The molecule has 0 fully saturated rings. The number of rotatable bonds is 9. The van der Waals surface area contributed by atoms with E-state index < -0.39 is 11.6 Å². The summed E-state index contributed by atoms with van der Waals surface area (Å²) in [6.07, 6.45) is 1.29. The number of hydrogen-bond donors (Lipinski definition) is 1. The van der Waals surface area contributed by atoms with Crippen LogP contribution < -0.4 is 5.32 Å². The lowest BCUT2D eigenvalue weighted by atomic mass is 10.00. The van der Waals surface area contributed by atoms with Crippen LogP contribution >= 0.6 is 23.2 Å². The van der Waals surface area contributed by atoms with Crippen LogP contribution in [-0.2, 0) is 29.0 Å². The largest absolute Gasteiger partial charge is 0.350 e. The number of carbonyl (C=O) groups excluding carboxylic acids is 2. The molecule has 3 rings (SSSR count). The molecule has 1 N–H and O–H groups in total. The summed E-state index contributed by atoms with van der Waals surface area (Å²) < 4.78 is 0. The van der Waals surface area contributed by atoms with Crippen molar-refractivity contribution in [3.63, 3.8) is 0 Å². The van der Waals surface area contributed by atoms with Crippen LogP contribution in [0.4, 0.5) is 0 Å². The second-order valence-electron chi connectivity index (χ2n) is 9.70. The third kappa shape index (κ3) is 8.41. The van der Waals surface area contributed by atoms with Crippen LogP contribution in [0, 0.1) is 0 Å². The zero-order valence-electron chi connectivity index (χ0n) is 20.4. The molecular weight excluding hydrogens is 479 g/mol. The Morgan fingerprint density at radius 1 is 0.829 bits per heavy atom. The molecule has 0 aliphatic carbocycles. The van der Waals surface area contributed by atoms with Gasteiger partial charge in [0.05, 0.1) is 10.0 Å². The number of nitrogens with zero attached hydrogens (tertiary/aromatic N) is 1. The zero-order valence-corrected chi connectivity index (χ0v) is 21.9. The first-order valence-electron chi connectivity index (χ1n) is 11.8. The van der Waals surface area contributed by atoms with E-state index in [2.05, 4.69) is 5.32 Å². The number of amides is 2. The van der Waals surface area contributed by atoms with Gasteiger partial charge in [0.15, 0.2) is 0 Å². The Bertz CT molecular complexity index is 1130. The molecule has 0 bridgehead atoms. The number of carbonyl (C=O) groups is 2. The van der Waals surface area contributed by atoms with E-state index >= 15 is 0 Å². The van der Waals surface area contributed by atoms with Crippen LogP contribution in [0.2, 0.25) is 10.0 Å². The van der Waals surface area contributed by atoms with E-state index in [1.165, 1.54) is 0 Å². The summed E-state index contributed by atoms with van der Waals surface area (Å²) in [5, 5.41) is 3.94. The summed E-state index contributed by atoms with van der Waals surface area (Å²) in [7, 11) is 0. The Morgan fingerprint density at radius 3 is 2.00 bits per heavy atom. The third-order valence-corrected chi connectivity index (χ3v) is 6.32.